The van der Waals surface area contributed by atoms with E-state index >= 15 is 0 Å². The van der Waals surface area contributed by atoms with Gasteiger partial charge in [0.1, 0.15) is 12.0 Å². The molecule has 0 saturated carbocycles. The largest absolute Gasteiger partial charge is 0.348 e. The van der Waals surface area contributed by atoms with Crippen molar-refractivity contribution in [3.8, 4) is 0 Å². The lowest BCUT2D eigenvalue weighted by Crippen LogP contribution is -2.19. The van der Waals surface area contributed by atoms with Crippen molar-refractivity contribution in [3.05, 3.63) is 46.5 Å². The van der Waals surface area contributed by atoms with E-state index < -0.39 is 0 Å². The van der Waals surface area contributed by atoms with E-state index in [2.05, 4.69) is 54.9 Å². The molecule has 1 aliphatic heterocycles. The molecule has 2 aliphatic rings. The second-order valence-electron chi connectivity index (χ2n) is 5.45. The number of halogens is 1. The molecule has 1 aliphatic carbocycles. The van der Waals surface area contributed by atoms with Crippen molar-refractivity contribution in [3.63, 3.8) is 0 Å². The van der Waals surface area contributed by atoms with Crippen LogP contribution in [-0.2, 0) is 4.79 Å². The fraction of sp³-hybridized carbons (Fsp3) is 0.267. The lowest BCUT2D eigenvalue weighted by atomic mass is 9.89. The second kappa shape index (κ2) is 4.53. The zero-order valence-corrected chi connectivity index (χ0v) is 13.0. The van der Waals surface area contributed by atoms with E-state index in [1.54, 1.807) is 6.33 Å². The summed E-state index contributed by atoms with van der Waals surface area (Å²) in [4.78, 5) is 20.2. The molecule has 0 spiro atoms. The van der Waals surface area contributed by atoms with Crippen molar-refractivity contribution in [1.82, 2.24) is 19.9 Å². The Morgan fingerprint density at radius 2 is 2.29 bits per heavy atom. The molecule has 0 bridgehead atoms. The number of rotatable bonds is 1. The Bertz CT molecular complexity index is 820. The molecule has 6 heteroatoms. The summed E-state index contributed by atoms with van der Waals surface area (Å²) in [6.45, 7) is 2.74. The van der Waals surface area contributed by atoms with Crippen molar-refractivity contribution in [1.29, 1.82) is 0 Å². The maximum Gasteiger partial charge on any atom is 0.251 e. The van der Waals surface area contributed by atoms with Crippen LogP contribution in [0.4, 0.5) is 0 Å². The van der Waals surface area contributed by atoms with Crippen LogP contribution >= 0.6 is 15.9 Å². The number of hydrogen-bond donors (Lipinski definition) is 1. The third-order valence-corrected chi connectivity index (χ3v) is 4.77. The number of nitrogens with one attached hydrogen (secondary N) is 1. The fourth-order valence-electron chi connectivity index (χ4n) is 3.07. The Morgan fingerprint density at radius 3 is 3.14 bits per heavy atom. The Kier molecular flexibility index (Phi) is 2.75. The number of hydrogen-bond acceptors (Lipinski definition) is 3. The summed E-state index contributed by atoms with van der Waals surface area (Å²) < 4.78 is 3.13. The zero-order valence-electron chi connectivity index (χ0n) is 11.4. The Labute approximate surface area is 129 Å². The quantitative estimate of drug-likeness (QED) is 0.863. The first-order valence-electron chi connectivity index (χ1n) is 6.82. The second-order valence-corrected chi connectivity index (χ2v) is 6.30. The molecule has 5 nitrogen and oxygen atoms in total. The molecule has 106 valence electrons. The average molecular weight is 345 g/mol. The van der Waals surface area contributed by atoms with Gasteiger partial charge in [0, 0.05) is 29.0 Å². The maximum absolute atomic E-state index is 11.8. The van der Waals surface area contributed by atoms with Crippen LogP contribution in [0.1, 0.15) is 13.0 Å². The fourth-order valence-corrected chi connectivity index (χ4v) is 3.57. The van der Waals surface area contributed by atoms with Crippen LogP contribution in [-0.4, -0.2) is 27.0 Å². The van der Waals surface area contributed by atoms with Gasteiger partial charge in [-0.25, -0.2) is 9.97 Å². The minimum absolute atomic E-state index is 0.0346. The molecular formula is C15H13BrN4O. The van der Waals surface area contributed by atoms with Crippen LogP contribution in [0.15, 0.2) is 46.5 Å². The van der Waals surface area contributed by atoms with Crippen LogP contribution in [0.5, 0.6) is 0 Å². The molecule has 2 aromatic rings. The predicted octanol–water partition coefficient (Wildman–Crippen LogP) is 2.37. The summed E-state index contributed by atoms with van der Waals surface area (Å²) in [6.07, 6.45) is 9.65. The molecule has 2 aromatic heterocycles. The molecule has 1 saturated heterocycles. The Morgan fingerprint density at radius 1 is 1.43 bits per heavy atom. The standard InChI is InChI=1S/C15H13BrN4O/c1-8-2-10-9(4-18-15(10)21)3-13(8)20-6-12(16)11-5-17-7-19-14(11)20/h2-3,5-8,13H,4H2,1H3,(H,18,21). The zero-order chi connectivity index (χ0) is 14.6. The molecule has 2 unspecified atom stereocenters. The first-order valence-corrected chi connectivity index (χ1v) is 7.61. The third kappa shape index (κ3) is 1.86. The lowest BCUT2D eigenvalue weighted by Gasteiger charge is -2.25. The van der Waals surface area contributed by atoms with E-state index in [1.165, 1.54) is 0 Å². The van der Waals surface area contributed by atoms with Crippen LogP contribution in [0.2, 0.25) is 0 Å². The smallest absolute Gasteiger partial charge is 0.251 e. The monoisotopic (exact) mass is 344 g/mol. The maximum atomic E-state index is 11.8. The van der Waals surface area contributed by atoms with Crippen LogP contribution < -0.4 is 5.32 Å². The Balaban J connectivity index is 1.85. The molecule has 4 rings (SSSR count). The summed E-state index contributed by atoms with van der Waals surface area (Å²) in [5, 5.41) is 3.88. The van der Waals surface area contributed by atoms with Crippen molar-refractivity contribution in [2.75, 3.05) is 6.54 Å². The summed E-state index contributed by atoms with van der Waals surface area (Å²) in [7, 11) is 0. The molecular weight excluding hydrogens is 332 g/mol. The molecule has 1 N–H and O–H groups in total. The van der Waals surface area contributed by atoms with Crippen LogP contribution in [0.25, 0.3) is 11.0 Å². The van der Waals surface area contributed by atoms with Gasteiger partial charge in [0.05, 0.1) is 11.4 Å². The van der Waals surface area contributed by atoms with Gasteiger partial charge in [0.25, 0.3) is 5.91 Å². The summed E-state index contributed by atoms with van der Waals surface area (Å²) in [5.74, 6) is 0.262. The van der Waals surface area contributed by atoms with Crippen molar-refractivity contribution in [2.24, 2.45) is 5.92 Å². The molecule has 2 atom stereocenters. The first-order chi connectivity index (χ1) is 10.1. The van der Waals surface area contributed by atoms with Gasteiger partial charge in [0.2, 0.25) is 0 Å². The van der Waals surface area contributed by atoms with Gasteiger partial charge in [0.15, 0.2) is 0 Å². The van der Waals surface area contributed by atoms with Crippen LogP contribution in [0.3, 0.4) is 0 Å². The van der Waals surface area contributed by atoms with Gasteiger partial charge >= 0.3 is 0 Å². The summed E-state index contributed by atoms with van der Waals surface area (Å²) in [6, 6.07) is 0.153. The van der Waals surface area contributed by atoms with E-state index in [0.717, 1.165) is 26.7 Å². The number of carbonyl (C=O) groups excluding carboxylic acids is 1. The lowest BCUT2D eigenvalue weighted by molar-refractivity contribution is -0.116. The average Bonchev–Trinajstić information content (AvgIpc) is 3.01. The highest BCUT2D eigenvalue weighted by atomic mass is 79.9. The van der Waals surface area contributed by atoms with Gasteiger partial charge in [-0.05, 0) is 27.4 Å². The van der Waals surface area contributed by atoms with E-state index in [4.69, 9.17) is 0 Å². The van der Waals surface area contributed by atoms with Gasteiger partial charge < -0.3 is 9.88 Å². The van der Waals surface area contributed by atoms with Crippen molar-refractivity contribution < 1.29 is 4.79 Å². The van der Waals surface area contributed by atoms with E-state index in [1.807, 2.05) is 12.4 Å². The first kappa shape index (κ1) is 12.8. The summed E-state index contributed by atoms with van der Waals surface area (Å²) >= 11 is 3.57. The minimum Gasteiger partial charge on any atom is -0.348 e. The number of amides is 1. The number of fused-ring (bicyclic) bond motifs is 2. The number of nitrogens with zero attached hydrogens (tertiary/aromatic N) is 3. The number of aromatic nitrogens is 3. The highest BCUT2D eigenvalue weighted by Gasteiger charge is 2.31. The predicted molar refractivity (Wildman–Crippen MR) is 82.6 cm³/mol. The van der Waals surface area contributed by atoms with Gasteiger partial charge in [-0.1, -0.05) is 19.1 Å². The van der Waals surface area contributed by atoms with Gasteiger partial charge in [-0.15, -0.1) is 0 Å². The number of carbonyl (C=O) groups is 1. The topological polar surface area (TPSA) is 59.8 Å². The Hall–Kier alpha value is -1.95. The molecule has 1 amide bonds. The summed E-state index contributed by atoms with van der Waals surface area (Å²) in [5.41, 5.74) is 2.80. The highest BCUT2D eigenvalue weighted by Crippen LogP contribution is 2.36. The number of allylic oxidation sites excluding steroid dienone is 2. The van der Waals surface area contributed by atoms with Gasteiger partial charge in [-0.3, -0.25) is 4.79 Å². The highest BCUT2D eigenvalue weighted by molar-refractivity contribution is 9.10. The molecule has 0 radical (unpaired) electrons. The normalized spacial score (nSPS) is 24.6. The van der Waals surface area contributed by atoms with Crippen molar-refractivity contribution >= 4 is 32.9 Å². The molecule has 21 heavy (non-hydrogen) atoms. The third-order valence-electron chi connectivity index (χ3n) is 4.14. The van der Waals surface area contributed by atoms with Crippen molar-refractivity contribution in [2.45, 2.75) is 13.0 Å². The molecule has 1 fully saturated rings. The van der Waals surface area contributed by atoms with E-state index in [0.29, 0.717) is 6.54 Å². The molecule has 3 heterocycles. The van der Waals surface area contributed by atoms with Crippen LogP contribution in [0, 0.1) is 5.92 Å². The SMILES string of the molecule is CC1C=C2C(=O)NCC2=CC1n1cc(Br)c2cncnc21. The van der Waals surface area contributed by atoms with Gasteiger partial charge in [-0.2, -0.15) is 0 Å². The van der Waals surface area contributed by atoms with E-state index in [9.17, 15) is 4.79 Å². The minimum atomic E-state index is 0.0346. The van der Waals surface area contributed by atoms with E-state index in [-0.39, 0.29) is 17.9 Å². The molecule has 0 aromatic carbocycles.